The van der Waals surface area contributed by atoms with E-state index in [4.69, 9.17) is 10.2 Å². The molecule has 0 radical (unpaired) electrons. The Labute approximate surface area is 108 Å². The highest BCUT2D eigenvalue weighted by atomic mass is 16.3. The molecule has 1 unspecified atom stereocenters. The number of carbonyl (C=O) groups excluding carboxylic acids is 1. The Morgan fingerprint density at radius 1 is 1.56 bits per heavy atom. The SMILES string of the molecule is CCNC(=O)CC(CN)N(C)Cc1ccc(C)o1. The summed E-state index contributed by atoms with van der Waals surface area (Å²) in [4.78, 5) is 13.6. The van der Waals surface area contributed by atoms with Crippen LogP contribution in [-0.2, 0) is 11.3 Å². The highest BCUT2D eigenvalue weighted by Gasteiger charge is 2.17. The Kier molecular flexibility index (Phi) is 5.88. The van der Waals surface area contributed by atoms with Crippen molar-refractivity contribution in [3.63, 3.8) is 0 Å². The third kappa shape index (κ3) is 4.50. The first kappa shape index (κ1) is 14.7. The molecule has 0 aromatic carbocycles. The number of hydrogen-bond acceptors (Lipinski definition) is 4. The van der Waals surface area contributed by atoms with Crippen molar-refractivity contribution in [3.8, 4) is 0 Å². The molecular formula is C13H23N3O2. The molecule has 1 rings (SSSR count). The van der Waals surface area contributed by atoms with Gasteiger partial charge in [0.15, 0.2) is 0 Å². The molecule has 0 fully saturated rings. The molecule has 0 aliphatic heterocycles. The van der Waals surface area contributed by atoms with E-state index < -0.39 is 0 Å². The van der Waals surface area contributed by atoms with Crippen LogP contribution >= 0.6 is 0 Å². The van der Waals surface area contributed by atoms with Gasteiger partial charge in [0.2, 0.25) is 5.91 Å². The first-order chi connectivity index (χ1) is 8.56. The molecule has 3 N–H and O–H groups in total. The van der Waals surface area contributed by atoms with Crippen molar-refractivity contribution in [1.29, 1.82) is 0 Å². The standard InChI is InChI=1S/C13H23N3O2/c1-4-15-13(17)7-11(8-14)16(3)9-12-6-5-10(2)18-12/h5-6,11H,4,7-9,14H2,1-3H3,(H,15,17). The molecule has 0 aliphatic carbocycles. The number of nitrogens with two attached hydrogens (primary N) is 1. The van der Waals surface area contributed by atoms with Gasteiger partial charge in [-0.3, -0.25) is 9.69 Å². The number of furan rings is 1. The monoisotopic (exact) mass is 253 g/mol. The molecule has 1 heterocycles. The van der Waals surface area contributed by atoms with Gasteiger partial charge in [-0.15, -0.1) is 0 Å². The van der Waals surface area contributed by atoms with Crippen LogP contribution in [0.5, 0.6) is 0 Å². The number of carbonyl (C=O) groups is 1. The molecule has 1 aromatic rings. The highest BCUT2D eigenvalue weighted by molar-refractivity contribution is 5.76. The third-order valence-electron chi connectivity index (χ3n) is 2.89. The largest absolute Gasteiger partial charge is 0.465 e. The Bertz CT molecular complexity index is 376. The maximum absolute atomic E-state index is 11.6. The predicted molar refractivity (Wildman–Crippen MR) is 71.1 cm³/mol. The fourth-order valence-corrected chi connectivity index (χ4v) is 1.85. The van der Waals surface area contributed by atoms with Crippen LogP contribution in [0.3, 0.4) is 0 Å². The Hall–Kier alpha value is -1.33. The smallest absolute Gasteiger partial charge is 0.221 e. The fourth-order valence-electron chi connectivity index (χ4n) is 1.85. The topological polar surface area (TPSA) is 71.5 Å². The maximum atomic E-state index is 11.6. The quantitative estimate of drug-likeness (QED) is 0.756. The zero-order chi connectivity index (χ0) is 13.5. The van der Waals surface area contributed by atoms with E-state index in [2.05, 4.69) is 5.32 Å². The van der Waals surface area contributed by atoms with E-state index in [1.54, 1.807) is 0 Å². The first-order valence-corrected chi connectivity index (χ1v) is 6.29. The summed E-state index contributed by atoms with van der Waals surface area (Å²) in [7, 11) is 1.95. The summed E-state index contributed by atoms with van der Waals surface area (Å²) in [5.41, 5.74) is 5.72. The van der Waals surface area contributed by atoms with Gasteiger partial charge in [0, 0.05) is 25.6 Å². The van der Waals surface area contributed by atoms with Crippen LogP contribution in [0.15, 0.2) is 16.5 Å². The van der Waals surface area contributed by atoms with Crippen molar-refractivity contribution >= 4 is 5.91 Å². The second kappa shape index (κ2) is 7.18. The van der Waals surface area contributed by atoms with Gasteiger partial charge in [-0.1, -0.05) is 0 Å². The molecule has 0 bridgehead atoms. The van der Waals surface area contributed by atoms with Gasteiger partial charge in [0.1, 0.15) is 11.5 Å². The minimum Gasteiger partial charge on any atom is -0.465 e. The van der Waals surface area contributed by atoms with Crippen molar-refractivity contribution in [2.75, 3.05) is 20.1 Å². The lowest BCUT2D eigenvalue weighted by Gasteiger charge is -2.25. The van der Waals surface area contributed by atoms with Crippen LogP contribution in [0.25, 0.3) is 0 Å². The average Bonchev–Trinajstić information content (AvgIpc) is 2.72. The van der Waals surface area contributed by atoms with E-state index in [0.29, 0.717) is 26.1 Å². The normalized spacial score (nSPS) is 12.7. The Morgan fingerprint density at radius 2 is 2.28 bits per heavy atom. The van der Waals surface area contributed by atoms with Crippen molar-refractivity contribution in [2.24, 2.45) is 5.73 Å². The van der Waals surface area contributed by atoms with E-state index in [1.165, 1.54) is 0 Å². The van der Waals surface area contributed by atoms with Crippen LogP contribution in [0.4, 0.5) is 0 Å². The lowest BCUT2D eigenvalue weighted by atomic mass is 10.1. The number of likely N-dealkylation sites (N-methyl/N-ethyl adjacent to an activating group) is 1. The summed E-state index contributed by atoms with van der Waals surface area (Å²) in [6, 6.07) is 3.91. The summed E-state index contributed by atoms with van der Waals surface area (Å²) in [5, 5.41) is 2.79. The number of aryl methyl sites for hydroxylation is 1. The molecule has 5 nitrogen and oxygen atoms in total. The van der Waals surface area contributed by atoms with Crippen molar-refractivity contribution in [1.82, 2.24) is 10.2 Å². The van der Waals surface area contributed by atoms with Gasteiger partial charge in [-0.05, 0) is 33.0 Å². The molecule has 0 saturated heterocycles. The fraction of sp³-hybridized carbons (Fsp3) is 0.615. The van der Waals surface area contributed by atoms with E-state index in [0.717, 1.165) is 11.5 Å². The molecule has 1 atom stereocenters. The molecule has 0 saturated carbocycles. The lowest BCUT2D eigenvalue weighted by Crippen LogP contribution is -2.41. The number of nitrogens with zero attached hydrogens (tertiary/aromatic N) is 1. The van der Waals surface area contributed by atoms with Crippen LogP contribution in [-0.4, -0.2) is 37.0 Å². The molecule has 5 heteroatoms. The van der Waals surface area contributed by atoms with E-state index in [1.807, 2.05) is 37.9 Å². The molecule has 1 aromatic heterocycles. The van der Waals surface area contributed by atoms with Crippen molar-refractivity contribution in [3.05, 3.63) is 23.7 Å². The molecular weight excluding hydrogens is 230 g/mol. The summed E-state index contributed by atoms with van der Waals surface area (Å²) < 4.78 is 5.52. The van der Waals surface area contributed by atoms with Crippen LogP contribution in [0.1, 0.15) is 24.9 Å². The molecule has 0 spiro atoms. The number of hydrogen-bond donors (Lipinski definition) is 2. The van der Waals surface area contributed by atoms with Crippen LogP contribution in [0, 0.1) is 6.92 Å². The van der Waals surface area contributed by atoms with E-state index in [9.17, 15) is 4.79 Å². The number of amides is 1. The first-order valence-electron chi connectivity index (χ1n) is 6.29. The van der Waals surface area contributed by atoms with Crippen LogP contribution < -0.4 is 11.1 Å². The zero-order valence-corrected chi connectivity index (χ0v) is 11.4. The van der Waals surface area contributed by atoms with Gasteiger partial charge in [-0.2, -0.15) is 0 Å². The summed E-state index contributed by atoms with van der Waals surface area (Å²) in [6.45, 7) is 5.59. The third-order valence-corrected chi connectivity index (χ3v) is 2.89. The second-order valence-corrected chi connectivity index (χ2v) is 4.47. The highest BCUT2D eigenvalue weighted by Crippen LogP contribution is 2.11. The number of nitrogens with one attached hydrogen (secondary N) is 1. The number of rotatable bonds is 7. The van der Waals surface area contributed by atoms with Gasteiger partial charge < -0.3 is 15.5 Å². The summed E-state index contributed by atoms with van der Waals surface area (Å²) in [6.07, 6.45) is 0.417. The van der Waals surface area contributed by atoms with E-state index >= 15 is 0 Å². The van der Waals surface area contributed by atoms with Crippen LogP contribution in [0.2, 0.25) is 0 Å². The minimum absolute atomic E-state index is 0.0296. The Morgan fingerprint density at radius 3 is 2.78 bits per heavy atom. The van der Waals surface area contributed by atoms with Gasteiger partial charge in [-0.25, -0.2) is 0 Å². The second-order valence-electron chi connectivity index (χ2n) is 4.47. The van der Waals surface area contributed by atoms with Gasteiger partial charge in [0.05, 0.1) is 6.54 Å². The summed E-state index contributed by atoms with van der Waals surface area (Å²) in [5.74, 6) is 1.83. The maximum Gasteiger partial charge on any atom is 0.221 e. The molecule has 102 valence electrons. The molecule has 0 aliphatic rings. The molecule has 1 amide bonds. The molecule has 18 heavy (non-hydrogen) atoms. The minimum atomic E-state index is 0.0296. The predicted octanol–water partition coefficient (Wildman–Crippen LogP) is 0.873. The summed E-state index contributed by atoms with van der Waals surface area (Å²) >= 11 is 0. The van der Waals surface area contributed by atoms with Crippen molar-refractivity contribution < 1.29 is 9.21 Å². The Balaban J connectivity index is 2.51. The van der Waals surface area contributed by atoms with Crippen molar-refractivity contribution in [2.45, 2.75) is 32.9 Å². The zero-order valence-electron chi connectivity index (χ0n) is 11.4. The lowest BCUT2D eigenvalue weighted by molar-refractivity contribution is -0.122. The average molecular weight is 253 g/mol. The van der Waals surface area contributed by atoms with Gasteiger partial charge >= 0.3 is 0 Å². The van der Waals surface area contributed by atoms with E-state index in [-0.39, 0.29) is 11.9 Å². The van der Waals surface area contributed by atoms with Gasteiger partial charge in [0.25, 0.3) is 0 Å².